The SMILES string of the molecule is Cc1noc(C)c1C(=O)N1CCC[C@@H](c2[nH]ncc2S(C)(=O)=O)C1. The van der Waals surface area contributed by atoms with Crippen LogP contribution in [-0.2, 0) is 9.84 Å². The Hall–Kier alpha value is -2.16. The Balaban J connectivity index is 1.86. The molecule has 1 saturated heterocycles. The highest BCUT2D eigenvalue weighted by Gasteiger charge is 2.32. The summed E-state index contributed by atoms with van der Waals surface area (Å²) in [6.07, 6.45) is 4.09. The summed E-state index contributed by atoms with van der Waals surface area (Å²) >= 11 is 0. The van der Waals surface area contributed by atoms with Gasteiger partial charge < -0.3 is 9.42 Å². The van der Waals surface area contributed by atoms with Crippen molar-refractivity contribution in [1.29, 1.82) is 0 Å². The standard InChI is InChI=1S/C15H20N4O4S/c1-9-13(10(2)23-18-9)15(20)19-6-4-5-11(8-19)14-12(7-16-17-14)24(3,21)22/h7,11H,4-6,8H2,1-3H3,(H,16,17)/t11-/m1/s1. The molecule has 0 aliphatic carbocycles. The second kappa shape index (κ2) is 6.04. The number of aromatic nitrogens is 3. The average molecular weight is 352 g/mol. The Bertz CT molecular complexity index is 848. The summed E-state index contributed by atoms with van der Waals surface area (Å²) in [4.78, 5) is 14.7. The van der Waals surface area contributed by atoms with E-state index in [1.807, 2.05) is 0 Å². The molecule has 9 heteroatoms. The summed E-state index contributed by atoms with van der Waals surface area (Å²) in [6.45, 7) is 4.52. The van der Waals surface area contributed by atoms with E-state index in [1.54, 1.807) is 18.7 Å². The summed E-state index contributed by atoms with van der Waals surface area (Å²) in [5.41, 5.74) is 1.63. The van der Waals surface area contributed by atoms with Crippen molar-refractivity contribution < 1.29 is 17.7 Å². The van der Waals surface area contributed by atoms with Crippen LogP contribution < -0.4 is 0 Å². The van der Waals surface area contributed by atoms with Gasteiger partial charge in [0.1, 0.15) is 16.2 Å². The predicted molar refractivity (Wildman–Crippen MR) is 85.6 cm³/mol. The minimum atomic E-state index is -3.36. The zero-order chi connectivity index (χ0) is 17.5. The number of nitrogens with one attached hydrogen (secondary N) is 1. The van der Waals surface area contributed by atoms with Gasteiger partial charge in [0, 0.05) is 25.3 Å². The van der Waals surface area contributed by atoms with Crippen LogP contribution >= 0.6 is 0 Å². The number of likely N-dealkylation sites (tertiary alicyclic amines) is 1. The van der Waals surface area contributed by atoms with Crippen LogP contribution in [0.2, 0.25) is 0 Å². The average Bonchev–Trinajstić information content (AvgIpc) is 3.14. The third-order valence-corrected chi connectivity index (χ3v) is 5.52. The molecule has 1 amide bonds. The fraction of sp³-hybridized carbons (Fsp3) is 0.533. The molecule has 1 atom stereocenters. The van der Waals surface area contributed by atoms with E-state index in [4.69, 9.17) is 4.52 Å². The summed E-state index contributed by atoms with van der Waals surface area (Å²) in [7, 11) is -3.36. The fourth-order valence-electron chi connectivity index (χ4n) is 3.22. The molecule has 3 heterocycles. The zero-order valence-corrected chi connectivity index (χ0v) is 14.7. The lowest BCUT2D eigenvalue weighted by Gasteiger charge is -2.32. The molecule has 0 unspecified atom stereocenters. The van der Waals surface area contributed by atoms with Crippen molar-refractivity contribution in [3.8, 4) is 0 Å². The van der Waals surface area contributed by atoms with Crippen LogP contribution in [-0.4, -0.2) is 53.9 Å². The van der Waals surface area contributed by atoms with Gasteiger partial charge in [-0.1, -0.05) is 5.16 Å². The number of aryl methyl sites for hydroxylation is 2. The smallest absolute Gasteiger partial charge is 0.259 e. The van der Waals surface area contributed by atoms with Gasteiger partial charge in [-0.05, 0) is 26.7 Å². The number of piperidine rings is 1. The van der Waals surface area contributed by atoms with Crippen molar-refractivity contribution in [2.24, 2.45) is 0 Å². The van der Waals surface area contributed by atoms with E-state index < -0.39 is 9.84 Å². The number of hydrogen-bond donors (Lipinski definition) is 1. The first-order valence-corrected chi connectivity index (χ1v) is 9.63. The van der Waals surface area contributed by atoms with Gasteiger partial charge in [0.15, 0.2) is 9.84 Å². The van der Waals surface area contributed by atoms with Gasteiger partial charge in [0.2, 0.25) is 0 Å². The topological polar surface area (TPSA) is 109 Å². The minimum Gasteiger partial charge on any atom is -0.361 e. The van der Waals surface area contributed by atoms with Gasteiger partial charge >= 0.3 is 0 Å². The molecule has 0 spiro atoms. The lowest BCUT2D eigenvalue weighted by molar-refractivity contribution is 0.0702. The second-order valence-corrected chi connectivity index (χ2v) is 8.19. The largest absolute Gasteiger partial charge is 0.361 e. The number of carbonyl (C=O) groups is 1. The lowest BCUT2D eigenvalue weighted by atomic mass is 9.94. The van der Waals surface area contributed by atoms with E-state index in [0.29, 0.717) is 35.8 Å². The minimum absolute atomic E-state index is 0.0876. The molecule has 0 radical (unpaired) electrons. The van der Waals surface area contributed by atoms with Crippen LogP contribution in [0.4, 0.5) is 0 Å². The molecular formula is C15H20N4O4S. The van der Waals surface area contributed by atoms with Crippen molar-refractivity contribution in [3.05, 3.63) is 28.9 Å². The van der Waals surface area contributed by atoms with Crippen molar-refractivity contribution in [3.63, 3.8) is 0 Å². The number of hydrogen-bond acceptors (Lipinski definition) is 6. The number of H-pyrrole nitrogens is 1. The summed E-state index contributed by atoms with van der Waals surface area (Å²) in [6, 6.07) is 0. The van der Waals surface area contributed by atoms with Gasteiger partial charge in [0.05, 0.1) is 17.6 Å². The quantitative estimate of drug-likeness (QED) is 0.895. The van der Waals surface area contributed by atoms with Crippen LogP contribution in [0.15, 0.2) is 15.6 Å². The summed E-state index contributed by atoms with van der Waals surface area (Å²) in [5, 5.41) is 10.5. The highest BCUT2D eigenvalue weighted by Crippen LogP contribution is 2.31. The molecular weight excluding hydrogens is 332 g/mol. The number of rotatable bonds is 3. The Kier molecular flexibility index (Phi) is 4.20. The first-order valence-electron chi connectivity index (χ1n) is 7.74. The van der Waals surface area contributed by atoms with E-state index in [9.17, 15) is 13.2 Å². The molecule has 0 saturated carbocycles. The molecule has 3 rings (SSSR count). The van der Waals surface area contributed by atoms with Gasteiger partial charge in [0.25, 0.3) is 5.91 Å². The Labute approximate surface area is 140 Å². The van der Waals surface area contributed by atoms with Crippen LogP contribution in [0, 0.1) is 13.8 Å². The molecule has 8 nitrogen and oxygen atoms in total. The molecule has 1 aliphatic heterocycles. The van der Waals surface area contributed by atoms with E-state index in [-0.39, 0.29) is 16.7 Å². The van der Waals surface area contributed by atoms with Crippen molar-refractivity contribution >= 4 is 15.7 Å². The van der Waals surface area contributed by atoms with Gasteiger partial charge in [-0.15, -0.1) is 0 Å². The Morgan fingerprint density at radius 2 is 2.17 bits per heavy atom. The molecule has 0 bridgehead atoms. The molecule has 1 aliphatic rings. The summed E-state index contributed by atoms with van der Waals surface area (Å²) in [5.74, 6) is 0.282. The van der Waals surface area contributed by atoms with Crippen LogP contribution in [0.25, 0.3) is 0 Å². The molecule has 130 valence electrons. The second-order valence-electron chi connectivity index (χ2n) is 6.21. The number of amides is 1. The van der Waals surface area contributed by atoms with Crippen molar-refractivity contribution in [2.75, 3.05) is 19.3 Å². The molecule has 2 aromatic heterocycles. The molecule has 24 heavy (non-hydrogen) atoms. The van der Waals surface area contributed by atoms with Crippen LogP contribution in [0.1, 0.15) is 46.3 Å². The number of nitrogens with zero attached hydrogens (tertiary/aromatic N) is 3. The lowest BCUT2D eigenvalue weighted by Crippen LogP contribution is -2.39. The van der Waals surface area contributed by atoms with Gasteiger partial charge in [-0.25, -0.2) is 8.42 Å². The van der Waals surface area contributed by atoms with E-state index in [2.05, 4.69) is 15.4 Å². The first-order chi connectivity index (χ1) is 11.3. The van der Waals surface area contributed by atoms with E-state index >= 15 is 0 Å². The number of aromatic amines is 1. The number of sulfone groups is 1. The molecule has 1 N–H and O–H groups in total. The Morgan fingerprint density at radius 1 is 1.42 bits per heavy atom. The maximum Gasteiger partial charge on any atom is 0.259 e. The predicted octanol–water partition coefficient (Wildman–Crippen LogP) is 1.44. The normalized spacial score (nSPS) is 18.8. The third kappa shape index (κ3) is 2.95. The zero-order valence-electron chi connectivity index (χ0n) is 13.9. The van der Waals surface area contributed by atoms with Crippen LogP contribution in [0.3, 0.4) is 0 Å². The van der Waals surface area contributed by atoms with E-state index in [0.717, 1.165) is 19.1 Å². The molecule has 0 aromatic carbocycles. The third-order valence-electron chi connectivity index (χ3n) is 4.40. The van der Waals surface area contributed by atoms with E-state index in [1.165, 1.54) is 6.20 Å². The number of carbonyl (C=O) groups excluding carboxylic acids is 1. The highest BCUT2D eigenvalue weighted by atomic mass is 32.2. The molecule has 2 aromatic rings. The van der Waals surface area contributed by atoms with Crippen molar-refractivity contribution in [1.82, 2.24) is 20.3 Å². The maximum absolute atomic E-state index is 12.8. The Morgan fingerprint density at radius 3 is 2.79 bits per heavy atom. The maximum atomic E-state index is 12.8. The van der Waals surface area contributed by atoms with Crippen molar-refractivity contribution in [2.45, 2.75) is 37.5 Å². The summed E-state index contributed by atoms with van der Waals surface area (Å²) < 4.78 is 28.9. The van der Waals surface area contributed by atoms with Crippen LogP contribution in [0.5, 0.6) is 0 Å². The van der Waals surface area contributed by atoms with Gasteiger partial charge in [-0.3, -0.25) is 9.89 Å². The highest BCUT2D eigenvalue weighted by molar-refractivity contribution is 7.90. The monoisotopic (exact) mass is 352 g/mol. The fourth-order valence-corrected chi connectivity index (χ4v) is 4.07. The first kappa shape index (κ1) is 16.7. The molecule has 1 fully saturated rings. The van der Waals surface area contributed by atoms with Gasteiger partial charge in [-0.2, -0.15) is 5.10 Å².